The molecule has 0 N–H and O–H groups in total. The van der Waals surface area contributed by atoms with Crippen molar-refractivity contribution in [2.75, 3.05) is 7.11 Å². The molecule has 7 heteroatoms. The molecule has 3 heterocycles. The van der Waals surface area contributed by atoms with E-state index in [9.17, 15) is 4.79 Å². The summed E-state index contributed by atoms with van der Waals surface area (Å²) >= 11 is 6.05. The van der Waals surface area contributed by atoms with Gasteiger partial charge in [-0.15, -0.1) is 0 Å². The molecule has 0 aliphatic carbocycles. The zero-order chi connectivity index (χ0) is 22.9. The number of fused-ring (bicyclic) bond motifs is 1. The van der Waals surface area contributed by atoms with Crippen LogP contribution in [0.1, 0.15) is 27.4 Å². The van der Waals surface area contributed by atoms with Gasteiger partial charge in [0.2, 0.25) is 5.78 Å². The van der Waals surface area contributed by atoms with Crippen molar-refractivity contribution in [3.63, 3.8) is 0 Å². The lowest BCUT2D eigenvalue weighted by Gasteiger charge is -2.09. The van der Waals surface area contributed by atoms with Crippen LogP contribution in [-0.2, 0) is 6.54 Å². The summed E-state index contributed by atoms with van der Waals surface area (Å²) in [6.07, 6.45) is 4.77. The maximum Gasteiger partial charge on any atom is 0.230 e. The van der Waals surface area contributed by atoms with Gasteiger partial charge < -0.3 is 13.7 Å². The molecule has 5 rings (SSSR count). The van der Waals surface area contributed by atoms with Gasteiger partial charge in [0, 0.05) is 40.6 Å². The summed E-state index contributed by atoms with van der Waals surface area (Å²) in [4.78, 5) is 21.9. The molecule has 5 aromatic rings. The van der Waals surface area contributed by atoms with Crippen molar-refractivity contribution in [3.8, 4) is 17.2 Å². The van der Waals surface area contributed by atoms with Crippen molar-refractivity contribution in [2.45, 2.75) is 13.5 Å². The fraction of sp³-hybridized carbons (Fsp3) is 0.115. The molecular weight excluding hydrogens is 438 g/mol. The molecule has 0 saturated carbocycles. The molecular formula is C26H20ClN3O3. The first kappa shape index (κ1) is 21.0. The molecule has 0 atom stereocenters. The number of nitrogens with zero attached hydrogens (tertiary/aromatic N) is 3. The van der Waals surface area contributed by atoms with Crippen LogP contribution in [0, 0.1) is 6.92 Å². The molecule has 0 aliphatic heterocycles. The average molecular weight is 458 g/mol. The Kier molecular flexibility index (Phi) is 5.44. The van der Waals surface area contributed by atoms with E-state index in [4.69, 9.17) is 20.8 Å². The number of hydrogen-bond donors (Lipinski definition) is 0. The number of rotatable bonds is 6. The SMILES string of the molecule is COc1ccc2c(c1)c(C(=O)c1ccc(-c3cnccn3)o1)c(C)n2Cc1ccc(Cl)cc1. The monoisotopic (exact) mass is 457 g/mol. The third-order valence-corrected chi connectivity index (χ3v) is 5.91. The summed E-state index contributed by atoms with van der Waals surface area (Å²) < 4.78 is 13.4. The second-order valence-electron chi connectivity index (χ2n) is 7.64. The number of benzene rings is 2. The minimum atomic E-state index is -0.198. The topological polar surface area (TPSA) is 70.2 Å². The summed E-state index contributed by atoms with van der Waals surface area (Å²) in [5, 5.41) is 1.49. The number of furan rings is 1. The predicted octanol–water partition coefficient (Wildman–Crippen LogP) is 5.94. The van der Waals surface area contributed by atoms with E-state index in [-0.39, 0.29) is 11.5 Å². The number of carbonyl (C=O) groups excluding carboxylic acids is 1. The van der Waals surface area contributed by atoms with Gasteiger partial charge in [-0.25, -0.2) is 4.98 Å². The van der Waals surface area contributed by atoms with Crippen molar-refractivity contribution < 1.29 is 13.9 Å². The van der Waals surface area contributed by atoms with Gasteiger partial charge in [-0.2, -0.15) is 0 Å². The Morgan fingerprint density at radius 1 is 1.09 bits per heavy atom. The van der Waals surface area contributed by atoms with E-state index < -0.39 is 0 Å². The summed E-state index contributed by atoms with van der Waals surface area (Å²) in [6, 6.07) is 16.9. The standard InChI is InChI=1S/C26H20ClN3O3/c1-16-25(26(31)24-10-9-23(33-24)21-14-28-11-12-29-21)20-13-19(32-2)7-8-22(20)30(16)15-17-3-5-18(27)6-4-17/h3-14H,15H2,1-2H3. The summed E-state index contributed by atoms with van der Waals surface area (Å²) in [7, 11) is 1.61. The Labute approximate surface area is 195 Å². The smallest absolute Gasteiger partial charge is 0.230 e. The number of ether oxygens (including phenoxy) is 1. The van der Waals surface area contributed by atoms with E-state index in [2.05, 4.69) is 14.5 Å². The van der Waals surface area contributed by atoms with Crippen LogP contribution in [0.5, 0.6) is 5.75 Å². The van der Waals surface area contributed by atoms with Crippen molar-refractivity contribution in [1.82, 2.24) is 14.5 Å². The number of carbonyl (C=O) groups is 1. The van der Waals surface area contributed by atoms with Gasteiger partial charge in [0.1, 0.15) is 11.4 Å². The van der Waals surface area contributed by atoms with Gasteiger partial charge in [-0.05, 0) is 55.0 Å². The molecule has 0 fully saturated rings. The maximum absolute atomic E-state index is 13.6. The molecule has 164 valence electrons. The zero-order valence-electron chi connectivity index (χ0n) is 18.1. The van der Waals surface area contributed by atoms with Crippen molar-refractivity contribution in [1.29, 1.82) is 0 Å². The molecule has 2 aromatic carbocycles. The zero-order valence-corrected chi connectivity index (χ0v) is 18.8. The molecule has 0 amide bonds. The molecule has 6 nitrogen and oxygen atoms in total. The number of aromatic nitrogens is 3. The fourth-order valence-electron chi connectivity index (χ4n) is 4.00. The van der Waals surface area contributed by atoms with Crippen LogP contribution in [0.25, 0.3) is 22.4 Å². The molecule has 0 radical (unpaired) electrons. The van der Waals surface area contributed by atoms with E-state index in [1.54, 1.807) is 37.8 Å². The number of ketones is 1. The maximum atomic E-state index is 13.6. The van der Waals surface area contributed by atoms with Gasteiger partial charge in [0.05, 0.1) is 18.9 Å². The quantitative estimate of drug-likeness (QED) is 0.295. The number of halogens is 1. The first-order chi connectivity index (χ1) is 16.0. The summed E-state index contributed by atoms with van der Waals surface area (Å²) in [5.41, 5.74) is 4.01. The van der Waals surface area contributed by atoms with Gasteiger partial charge in [-0.3, -0.25) is 9.78 Å². The average Bonchev–Trinajstić information content (AvgIpc) is 3.44. The van der Waals surface area contributed by atoms with Gasteiger partial charge >= 0.3 is 0 Å². The molecule has 0 bridgehead atoms. The van der Waals surface area contributed by atoms with Crippen LogP contribution in [-0.4, -0.2) is 27.4 Å². The normalized spacial score (nSPS) is 11.1. The third-order valence-electron chi connectivity index (χ3n) is 5.66. The van der Waals surface area contributed by atoms with Crippen LogP contribution >= 0.6 is 11.6 Å². The lowest BCUT2D eigenvalue weighted by Crippen LogP contribution is -2.05. The largest absolute Gasteiger partial charge is 0.497 e. The number of hydrogen-bond acceptors (Lipinski definition) is 5. The highest BCUT2D eigenvalue weighted by Gasteiger charge is 2.24. The van der Waals surface area contributed by atoms with Gasteiger partial charge in [-0.1, -0.05) is 23.7 Å². The fourth-order valence-corrected chi connectivity index (χ4v) is 4.12. The van der Waals surface area contributed by atoms with E-state index in [0.29, 0.717) is 34.3 Å². The molecule has 33 heavy (non-hydrogen) atoms. The van der Waals surface area contributed by atoms with E-state index in [1.165, 1.54) is 0 Å². The van der Waals surface area contributed by atoms with E-state index >= 15 is 0 Å². The van der Waals surface area contributed by atoms with E-state index in [0.717, 1.165) is 22.2 Å². The Morgan fingerprint density at radius 3 is 2.64 bits per heavy atom. The Hall–Kier alpha value is -3.90. The lowest BCUT2D eigenvalue weighted by atomic mass is 10.0. The molecule has 0 spiro atoms. The minimum absolute atomic E-state index is 0.198. The first-order valence-electron chi connectivity index (χ1n) is 10.4. The summed E-state index contributed by atoms with van der Waals surface area (Å²) in [5.74, 6) is 1.22. The highest BCUT2D eigenvalue weighted by atomic mass is 35.5. The molecule has 0 saturated heterocycles. The molecule has 3 aromatic heterocycles. The minimum Gasteiger partial charge on any atom is -0.497 e. The van der Waals surface area contributed by atoms with Crippen LogP contribution in [0.3, 0.4) is 0 Å². The lowest BCUT2D eigenvalue weighted by molar-refractivity contribution is 0.101. The number of methoxy groups -OCH3 is 1. The van der Waals surface area contributed by atoms with Crippen molar-refractivity contribution in [3.05, 3.63) is 101 Å². The van der Waals surface area contributed by atoms with Crippen molar-refractivity contribution in [2.24, 2.45) is 0 Å². The van der Waals surface area contributed by atoms with Crippen molar-refractivity contribution >= 4 is 28.3 Å². The Morgan fingerprint density at radius 2 is 1.91 bits per heavy atom. The van der Waals surface area contributed by atoms with Gasteiger partial charge in [0.15, 0.2) is 11.5 Å². The van der Waals surface area contributed by atoms with Gasteiger partial charge in [0.25, 0.3) is 0 Å². The first-order valence-corrected chi connectivity index (χ1v) is 10.7. The predicted molar refractivity (Wildman–Crippen MR) is 127 cm³/mol. The second kappa shape index (κ2) is 8.56. The molecule has 0 unspecified atom stereocenters. The third kappa shape index (κ3) is 3.90. The Balaban J connectivity index is 1.61. The van der Waals surface area contributed by atoms with E-state index in [1.807, 2.05) is 49.4 Å². The highest BCUT2D eigenvalue weighted by molar-refractivity contribution is 6.30. The Bertz CT molecular complexity index is 1450. The highest BCUT2D eigenvalue weighted by Crippen LogP contribution is 2.33. The second-order valence-corrected chi connectivity index (χ2v) is 8.08. The summed E-state index contributed by atoms with van der Waals surface area (Å²) in [6.45, 7) is 2.55. The molecule has 0 aliphatic rings. The van der Waals surface area contributed by atoms with Crippen LogP contribution in [0.4, 0.5) is 0 Å². The van der Waals surface area contributed by atoms with Crippen LogP contribution in [0.15, 0.2) is 77.6 Å². The van der Waals surface area contributed by atoms with Crippen LogP contribution in [0.2, 0.25) is 5.02 Å². The van der Waals surface area contributed by atoms with Crippen LogP contribution < -0.4 is 4.74 Å².